The second-order valence-electron chi connectivity index (χ2n) is 5.87. The Morgan fingerprint density at radius 3 is 2.76 bits per heavy atom. The summed E-state index contributed by atoms with van der Waals surface area (Å²) in [5.41, 5.74) is 8.97. The maximum atomic E-state index is 5.35. The lowest BCUT2D eigenvalue weighted by atomic mass is 9.96. The minimum absolute atomic E-state index is 0. The van der Waals surface area contributed by atoms with Crippen molar-refractivity contribution in [1.29, 1.82) is 0 Å². The van der Waals surface area contributed by atoms with Crippen LogP contribution in [-0.4, -0.2) is 32.3 Å². The SMILES string of the molecule is COc1ccc(CNCC2CNNC2c2cccnc2)cc1OC.Cl. The lowest BCUT2D eigenvalue weighted by Gasteiger charge is -2.19. The molecule has 3 rings (SSSR count). The first-order valence-corrected chi connectivity index (χ1v) is 8.11. The van der Waals surface area contributed by atoms with E-state index in [0.29, 0.717) is 5.92 Å². The van der Waals surface area contributed by atoms with Crippen LogP contribution >= 0.6 is 12.4 Å². The molecule has 1 aromatic carbocycles. The van der Waals surface area contributed by atoms with Gasteiger partial charge >= 0.3 is 0 Å². The van der Waals surface area contributed by atoms with Crippen LogP contribution in [0.25, 0.3) is 0 Å². The maximum absolute atomic E-state index is 5.35. The third-order valence-electron chi connectivity index (χ3n) is 4.32. The van der Waals surface area contributed by atoms with Gasteiger partial charge < -0.3 is 14.8 Å². The fourth-order valence-corrected chi connectivity index (χ4v) is 3.03. The zero-order chi connectivity index (χ0) is 16.8. The summed E-state index contributed by atoms with van der Waals surface area (Å²) < 4.78 is 10.6. The second-order valence-corrected chi connectivity index (χ2v) is 5.87. The summed E-state index contributed by atoms with van der Waals surface area (Å²) in [7, 11) is 3.30. The quantitative estimate of drug-likeness (QED) is 0.699. The Morgan fingerprint density at radius 1 is 1.20 bits per heavy atom. The topological polar surface area (TPSA) is 67.4 Å². The Labute approximate surface area is 154 Å². The van der Waals surface area contributed by atoms with Crippen LogP contribution in [0.4, 0.5) is 0 Å². The molecule has 2 heterocycles. The standard InChI is InChI=1S/C18H24N4O2.ClH/c1-23-16-6-5-13(8-17(16)24-2)9-20-11-15-12-21-22-18(15)14-4-3-7-19-10-14;/h3-8,10,15,18,20-22H,9,11-12H2,1-2H3;1H. The summed E-state index contributed by atoms with van der Waals surface area (Å²) in [4.78, 5) is 4.21. The largest absolute Gasteiger partial charge is 0.493 e. The third-order valence-corrected chi connectivity index (χ3v) is 4.32. The van der Waals surface area contributed by atoms with Gasteiger partial charge in [0.1, 0.15) is 0 Å². The second kappa shape index (κ2) is 9.58. The van der Waals surface area contributed by atoms with Crippen molar-refractivity contribution in [3.05, 3.63) is 53.9 Å². The van der Waals surface area contributed by atoms with Gasteiger partial charge in [-0.3, -0.25) is 10.4 Å². The van der Waals surface area contributed by atoms with Crippen LogP contribution in [0.15, 0.2) is 42.7 Å². The van der Waals surface area contributed by atoms with Crippen LogP contribution in [0, 0.1) is 5.92 Å². The number of benzene rings is 1. The first kappa shape index (κ1) is 19.5. The first-order valence-electron chi connectivity index (χ1n) is 8.11. The predicted molar refractivity (Wildman–Crippen MR) is 100 cm³/mol. The highest BCUT2D eigenvalue weighted by atomic mass is 35.5. The summed E-state index contributed by atoms with van der Waals surface area (Å²) in [6.07, 6.45) is 3.72. The summed E-state index contributed by atoms with van der Waals surface area (Å²) in [6.45, 7) is 2.63. The van der Waals surface area contributed by atoms with E-state index in [1.165, 1.54) is 11.1 Å². The van der Waals surface area contributed by atoms with Gasteiger partial charge in [0.2, 0.25) is 0 Å². The average molecular weight is 365 g/mol. The van der Waals surface area contributed by atoms with Crippen LogP contribution < -0.4 is 25.6 Å². The number of halogens is 1. The number of hydrogen-bond acceptors (Lipinski definition) is 6. The van der Waals surface area contributed by atoms with Gasteiger partial charge in [-0.2, -0.15) is 0 Å². The highest BCUT2D eigenvalue weighted by Crippen LogP contribution is 2.28. The number of nitrogens with zero attached hydrogens (tertiary/aromatic N) is 1. The Hall–Kier alpha value is -1.86. The van der Waals surface area contributed by atoms with Gasteiger partial charge in [0.15, 0.2) is 11.5 Å². The first-order chi connectivity index (χ1) is 11.8. The number of ether oxygens (including phenoxy) is 2. The van der Waals surface area contributed by atoms with E-state index in [-0.39, 0.29) is 18.4 Å². The van der Waals surface area contributed by atoms with Crippen LogP contribution in [0.3, 0.4) is 0 Å². The summed E-state index contributed by atoms with van der Waals surface area (Å²) in [6, 6.07) is 10.4. The molecule has 1 aromatic heterocycles. The van der Waals surface area contributed by atoms with Crippen LogP contribution in [0.5, 0.6) is 11.5 Å². The van der Waals surface area contributed by atoms with Crippen molar-refractivity contribution in [3.63, 3.8) is 0 Å². The van der Waals surface area contributed by atoms with Crippen molar-refractivity contribution < 1.29 is 9.47 Å². The zero-order valence-corrected chi connectivity index (χ0v) is 15.3. The Kier molecular flexibility index (Phi) is 7.46. The molecular weight excluding hydrogens is 340 g/mol. The Balaban J connectivity index is 0.00000225. The van der Waals surface area contributed by atoms with Gasteiger partial charge in [-0.25, -0.2) is 5.43 Å². The molecule has 136 valence electrons. The number of aromatic nitrogens is 1. The molecule has 0 saturated carbocycles. The number of rotatable bonds is 7. The predicted octanol–water partition coefficient (Wildman–Crippen LogP) is 2.08. The van der Waals surface area contributed by atoms with Crippen LogP contribution in [-0.2, 0) is 6.54 Å². The van der Waals surface area contributed by atoms with Crippen molar-refractivity contribution in [2.75, 3.05) is 27.3 Å². The molecule has 1 aliphatic heterocycles. The minimum atomic E-state index is 0. The number of nitrogens with one attached hydrogen (secondary N) is 3. The fraction of sp³-hybridized carbons (Fsp3) is 0.389. The molecular formula is C18H25ClN4O2. The number of hydrazine groups is 1. The van der Waals surface area contributed by atoms with Gasteiger partial charge in [0.25, 0.3) is 0 Å². The van der Waals surface area contributed by atoms with E-state index in [1.807, 2.05) is 24.4 Å². The van der Waals surface area contributed by atoms with Crippen molar-refractivity contribution in [1.82, 2.24) is 21.2 Å². The van der Waals surface area contributed by atoms with Gasteiger partial charge in [-0.15, -0.1) is 12.4 Å². The molecule has 0 amide bonds. The number of hydrogen-bond donors (Lipinski definition) is 3. The molecule has 0 radical (unpaired) electrons. The molecule has 3 N–H and O–H groups in total. The van der Waals surface area contributed by atoms with Crippen molar-refractivity contribution in [2.24, 2.45) is 5.92 Å². The lowest BCUT2D eigenvalue weighted by molar-refractivity contribution is 0.354. The molecule has 2 aromatic rings. The molecule has 6 nitrogen and oxygen atoms in total. The van der Waals surface area contributed by atoms with Gasteiger partial charge in [0.05, 0.1) is 20.3 Å². The number of methoxy groups -OCH3 is 2. The van der Waals surface area contributed by atoms with Crippen molar-refractivity contribution in [3.8, 4) is 11.5 Å². The molecule has 2 atom stereocenters. The van der Waals surface area contributed by atoms with E-state index >= 15 is 0 Å². The van der Waals surface area contributed by atoms with E-state index in [1.54, 1.807) is 20.4 Å². The van der Waals surface area contributed by atoms with E-state index in [0.717, 1.165) is 31.1 Å². The maximum Gasteiger partial charge on any atom is 0.161 e. The highest BCUT2D eigenvalue weighted by Gasteiger charge is 2.27. The third kappa shape index (κ3) is 4.83. The molecule has 0 spiro atoms. The molecule has 0 bridgehead atoms. The van der Waals surface area contributed by atoms with E-state index in [4.69, 9.17) is 9.47 Å². The monoisotopic (exact) mass is 364 g/mol. The molecule has 1 aliphatic rings. The van der Waals surface area contributed by atoms with Crippen LogP contribution in [0.2, 0.25) is 0 Å². The van der Waals surface area contributed by atoms with Crippen molar-refractivity contribution >= 4 is 12.4 Å². The number of pyridine rings is 1. The summed E-state index contributed by atoms with van der Waals surface area (Å²) in [5.74, 6) is 1.98. The Bertz CT molecular complexity index is 657. The zero-order valence-electron chi connectivity index (χ0n) is 14.5. The van der Waals surface area contributed by atoms with Gasteiger partial charge in [-0.05, 0) is 29.3 Å². The van der Waals surface area contributed by atoms with E-state index in [9.17, 15) is 0 Å². The highest BCUT2D eigenvalue weighted by molar-refractivity contribution is 5.85. The van der Waals surface area contributed by atoms with E-state index in [2.05, 4.69) is 33.3 Å². The molecule has 25 heavy (non-hydrogen) atoms. The summed E-state index contributed by atoms with van der Waals surface area (Å²) >= 11 is 0. The summed E-state index contributed by atoms with van der Waals surface area (Å²) in [5, 5.41) is 3.54. The average Bonchev–Trinajstić information content (AvgIpc) is 3.11. The molecule has 7 heteroatoms. The minimum Gasteiger partial charge on any atom is -0.493 e. The van der Waals surface area contributed by atoms with Crippen molar-refractivity contribution in [2.45, 2.75) is 12.6 Å². The Morgan fingerprint density at radius 2 is 2.04 bits per heavy atom. The fourth-order valence-electron chi connectivity index (χ4n) is 3.03. The molecule has 1 saturated heterocycles. The normalized spacial score (nSPS) is 19.3. The molecule has 1 fully saturated rings. The lowest BCUT2D eigenvalue weighted by Crippen LogP contribution is -2.28. The molecule has 2 unspecified atom stereocenters. The molecule has 0 aliphatic carbocycles. The van der Waals surface area contributed by atoms with Gasteiger partial charge in [-0.1, -0.05) is 12.1 Å². The van der Waals surface area contributed by atoms with E-state index < -0.39 is 0 Å². The van der Waals surface area contributed by atoms with Gasteiger partial charge in [0, 0.05) is 37.9 Å². The smallest absolute Gasteiger partial charge is 0.161 e. The van der Waals surface area contributed by atoms with Crippen LogP contribution in [0.1, 0.15) is 17.2 Å².